The number of amides is 1. The van der Waals surface area contributed by atoms with Crippen LogP contribution in [-0.4, -0.2) is 36.3 Å². The number of benzene rings is 2. The van der Waals surface area contributed by atoms with Crippen molar-refractivity contribution in [2.24, 2.45) is 0 Å². The van der Waals surface area contributed by atoms with E-state index in [9.17, 15) is 13.2 Å². The minimum Gasteiger partial charge on any atom is -0.301 e. The Labute approximate surface area is 173 Å². The molecule has 28 heavy (non-hydrogen) atoms. The summed E-state index contributed by atoms with van der Waals surface area (Å²) in [5, 5.41) is 3.02. The molecule has 4 aromatic rings. The van der Waals surface area contributed by atoms with E-state index in [0.29, 0.717) is 10.7 Å². The maximum absolute atomic E-state index is 12.3. The van der Waals surface area contributed by atoms with Crippen LogP contribution in [0.1, 0.15) is 5.56 Å². The number of thioether (sulfide) groups is 1. The van der Waals surface area contributed by atoms with Gasteiger partial charge in [0.05, 0.1) is 26.2 Å². The molecule has 0 fully saturated rings. The SMILES string of the molecule is CSc1nc2ccc3nc(NC(=O)CS(=O)(=O)Cc4ccccc4)sc3c2s1. The van der Waals surface area contributed by atoms with E-state index < -0.39 is 21.5 Å². The van der Waals surface area contributed by atoms with Gasteiger partial charge < -0.3 is 5.32 Å². The van der Waals surface area contributed by atoms with E-state index in [1.165, 1.54) is 11.3 Å². The van der Waals surface area contributed by atoms with Crippen molar-refractivity contribution in [3.8, 4) is 0 Å². The fourth-order valence-electron chi connectivity index (χ4n) is 2.73. The number of rotatable bonds is 6. The molecular weight excluding hydrogens is 434 g/mol. The van der Waals surface area contributed by atoms with Crippen LogP contribution in [0.3, 0.4) is 0 Å². The lowest BCUT2D eigenvalue weighted by Gasteiger charge is -2.04. The number of carbonyl (C=O) groups is 1. The highest BCUT2D eigenvalue weighted by atomic mass is 32.2. The standard InChI is InChI=1S/C18H15N3O3S4/c1-25-18-20-13-8-7-12-15(16(13)27-18)26-17(19-12)21-14(22)10-28(23,24)9-11-5-3-2-4-6-11/h2-8H,9-10H2,1H3,(H,19,21,22). The lowest BCUT2D eigenvalue weighted by Crippen LogP contribution is -2.23. The van der Waals surface area contributed by atoms with Crippen molar-refractivity contribution < 1.29 is 13.2 Å². The third kappa shape index (κ3) is 4.19. The molecule has 2 heterocycles. The molecule has 2 aromatic heterocycles. The average molecular weight is 450 g/mol. The summed E-state index contributed by atoms with van der Waals surface area (Å²) in [4.78, 5) is 21.2. The van der Waals surface area contributed by atoms with Crippen LogP contribution >= 0.6 is 34.4 Å². The second-order valence-corrected chi connectivity index (χ2v) is 11.1. The molecule has 10 heteroatoms. The molecule has 0 aliphatic rings. The molecule has 0 radical (unpaired) electrons. The van der Waals surface area contributed by atoms with E-state index in [1.807, 2.05) is 24.5 Å². The van der Waals surface area contributed by atoms with Crippen LogP contribution in [0.5, 0.6) is 0 Å². The van der Waals surface area contributed by atoms with Crippen LogP contribution in [0.15, 0.2) is 46.8 Å². The van der Waals surface area contributed by atoms with Crippen molar-refractivity contribution in [3.05, 3.63) is 48.0 Å². The minimum atomic E-state index is -3.56. The molecule has 1 N–H and O–H groups in total. The lowest BCUT2D eigenvalue weighted by atomic mass is 10.2. The summed E-state index contributed by atoms with van der Waals surface area (Å²) < 4.78 is 27.5. The Hall–Kier alpha value is -2.01. The fraction of sp³-hybridized carbons (Fsp3) is 0.167. The molecule has 144 valence electrons. The van der Waals surface area contributed by atoms with Gasteiger partial charge in [-0.3, -0.25) is 4.79 Å². The van der Waals surface area contributed by atoms with Gasteiger partial charge in [0.2, 0.25) is 5.91 Å². The molecular formula is C18H15N3O3S4. The van der Waals surface area contributed by atoms with Crippen LogP contribution in [-0.2, 0) is 20.4 Å². The van der Waals surface area contributed by atoms with Gasteiger partial charge in [-0.05, 0) is 24.0 Å². The molecule has 4 rings (SSSR count). The number of fused-ring (bicyclic) bond motifs is 3. The quantitative estimate of drug-likeness (QED) is 0.444. The lowest BCUT2D eigenvalue weighted by molar-refractivity contribution is -0.113. The number of hydrogen-bond acceptors (Lipinski definition) is 8. The largest absolute Gasteiger partial charge is 0.301 e. The molecule has 2 aromatic carbocycles. The van der Waals surface area contributed by atoms with Gasteiger partial charge in [-0.2, -0.15) is 0 Å². The third-order valence-electron chi connectivity index (χ3n) is 3.89. The fourth-order valence-corrected chi connectivity index (χ4v) is 6.68. The van der Waals surface area contributed by atoms with Gasteiger partial charge in [0.1, 0.15) is 5.75 Å². The first-order valence-corrected chi connectivity index (χ1v) is 12.9. The maximum Gasteiger partial charge on any atom is 0.241 e. The molecule has 0 saturated heterocycles. The summed E-state index contributed by atoms with van der Waals surface area (Å²) in [7, 11) is -3.56. The molecule has 0 atom stereocenters. The van der Waals surface area contributed by atoms with Crippen LogP contribution in [0.4, 0.5) is 5.13 Å². The van der Waals surface area contributed by atoms with Gasteiger partial charge in [-0.15, -0.1) is 11.3 Å². The highest BCUT2D eigenvalue weighted by Crippen LogP contribution is 2.37. The second-order valence-electron chi connectivity index (χ2n) is 6.03. The molecule has 1 amide bonds. The number of thiazole rings is 2. The summed E-state index contributed by atoms with van der Waals surface area (Å²) in [6, 6.07) is 12.6. The molecule has 0 spiro atoms. The summed E-state index contributed by atoms with van der Waals surface area (Å²) in [6.45, 7) is 0. The Balaban J connectivity index is 1.52. The van der Waals surface area contributed by atoms with Crippen LogP contribution < -0.4 is 5.32 Å². The first-order chi connectivity index (χ1) is 13.4. The van der Waals surface area contributed by atoms with Gasteiger partial charge in [-0.1, -0.05) is 53.4 Å². The van der Waals surface area contributed by atoms with Crippen LogP contribution in [0.25, 0.3) is 20.4 Å². The van der Waals surface area contributed by atoms with Crippen molar-refractivity contribution in [1.29, 1.82) is 0 Å². The van der Waals surface area contributed by atoms with Crippen LogP contribution in [0, 0.1) is 0 Å². The first-order valence-electron chi connectivity index (χ1n) is 8.22. The highest BCUT2D eigenvalue weighted by Gasteiger charge is 2.19. The summed E-state index contributed by atoms with van der Waals surface area (Å²) in [6.07, 6.45) is 1.98. The molecule has 0 unspecified atom stereocenters. The molecule has 0 bridgehead atoms. The highest BCUT2D eigenvalue weighted by molar-refractivity contribution is 8.00. The Morgan fingerprint density at radius 2 is 1.71 bits per heavy atom. The number of nitrogens with one attached hydrogen (secondary N) is 1. The third-order valence-corrected chi connectivity index (χ3v) is 8.58. The second kappa shape index (κ2) is 7.78. The number of nitrogens with zero attached hydrogens (tertiary/aromatic N) is 2. The Morgan fingerprint density at radius 3 is 2.43 bits per heavy atom. The number of sulfone groups is 1. The van der Waals surface area contributed by atoms with Gasteiger partial charge >= 0.3 is 0 Å². The molecule has 6 nitrogen and oxygen atoms in total. The number of anilines is 1. The zero-order valence-electron chi connectivity index (χ0n) is 14.7. The van der Waals surface area contributed by atoms with Crippen molar-refractivity contribution in [1.82, 2.24) is 9.97 Å². The molecule has 0 aliphatic heterocycles. The zero-order valence-corrected chi connectivity index (χ0v) is 18.0. The Kier molecular flexibility index (Phi) is 5.37. The van der Waals surface area contributed by atoms with E-state index in [1.54, 1.807) is 47.4 Å². The normalized spacial score (nSPS) is 11.9. The Morgan fingerprint density at radius 1 is 1.04 bits per heavy atom. The zero-order chi connectivity index (χ0) is 19.7. The van der Waals surface area contributed by atoms with Crippen molar-refractivity contribution in [2.75, 3.05) is 17.3 Å². The first kappa shape index (κ1) is 19.3. The number of hydrogen-bond donors (Lipinski definition) is 1. The summed E-state index contributed by atoms with van der Waals surface area (Å²) >= 11 is 4.50. The number of aromatic nitrogens is 2. The minimum absolute atomic E-state index is 0.167. The van der Waals surface area contributed by atoms with E-state index in [2.05, 4.69) is 15.3 Å². The number of carbonyl (C=O) groups excluding carboxylic acids is 1. The summed E-state index contributed by atoms with van der Waals surface area (Å²) in [5.41, 5.74) is 2.32. The van der Waals surface area contributed by atoms with Gasteiger partial charge in [-0.25, -0.2) is 18.4 Å². The molecule has 0 aliphatic carbocycles. The molecule has 0 saturated carbocycles. The predicted molar refractivity (Wildman–Crippen MR) is 117 cm³/mol. The van der Waals surface area contributed by atoms with Gasteiger partial charge in [0.25, 0.3) is 0 Å². The van der Waals surface area contributed by atoms with Crippen molar-refractivity contribution in [3.63, 3.8) is 0 Å². The van der Waals surface area contributed by atoms with Crippen molar-refractivity contribution >= 4 is 75.7 Å². The van der Waals surface area contributed by atoms with E-state index in [-0.39, 0.29) is 5.75 Å². The van der Waals surface area contributed by atoms with E-state index in [4.69, 9.17) is 0 Å². The van der Waals surface area contributed by atoms with Gasteiger partial charge in [0, 0.05) is 0 Å². The van der Waals surface area contributed by atoms with E-state index >= 15 is 0 Å². The van der Waals surface area contributed by atoms with E-state index in [0.717, 1.165) is 24.8 Å². The predicted octanol–water partition coefficient (Wildman–Crippen LogP) is 4.18. The summed E-state index contributed by atoms with van der Waals surface area (Å²) in [5.74, 6) is -1.33. The monoisotopic (exact) mass is 449 g/mol. The van der Waals surface area contributed by atoms with Gasteiger partial charge in [0.15, 0.2) is 19.3 Å². The average Bonchev–Trinajstić information content (AvgIpc) is 3.24. The van der Waals surface area contributed by atoms with Crippen LogP contribution in [0.2, 0.25) is 0 Å². The smallest absolute Gasteiger partial charge is 0.241 e. The topological polar surface area (TPSA) is 89.0 Å². The van der Waals surface area contributed by atoms with Crippen molar-refractivity contribution in [2.45, 2.75) is 10.1 Å². The Bertz CT molecular complexity index is 1260. The maximum atomic E-state index is 12.3.